The zero-order valence-electron chi connectivity index (χ0n) is 10.9. The fraction of sp³-hybridized carbons (Fsp3) is 0.545. The normalized spacial score (nSPS) is 11.2. The second kappa shape index (κ2) is 5.80. The second-order valence-corrected chi connectivity index (χ2v) is 10.9. The van der Waals surface area contributed by atoms with Crippen molar-refractivity contribution in [3.8, 4) is 6.07 Å². The van der Waals surface area contributed by atoms with E-state index in [1.807, 2.05) is 6.07 Å². The van der Waals surface area contributed by atoms with Gasteiger partial charge in [-0.2, -0.15) is 5.26 Å². The molecular formula is C11H18N4O2Si. The molecule has 1 aromatic rings. The minimum atomic E-state index is -1.13. The van der Waals surface area contributed by atoms with Gasteiger partial charge in [-0.1, -0.05) is 19.6 Å². The van der Waals surface area contributed by atoms with Crippen LogP contribution >= 0.6 is 0 Å². The van der Waals surface area contributed by atoms with Gasteiger partial charge < -0.3 is 15.0 Å². The number of rotatable bonds is 6. The Balaban J connectivity index is 2.59. The fourth-order valence-electron chi connectivity index (χ4n) is 1.31. The highest BCUT2D eigenvalue weighted by Crippen LogP contribution is 2.08. The van der Waals surface area contributed by atoms with Crippen LogP contribution in [-0.4, -0.2) is 30.1 Å². The number of hydrogen-bond acceptors (Lipinski definition) is 4. The van der Waals surface area contributed by atoms with E-state index in [1.165, 1.54) is 10.8 Å². The van der Waals surface area contributed by atoms with Crippen molar-refractivity contribution in [1.29, 1.82) is 5.26 Å². The number of amides is 1. The number of aromatic nitrogens is 2. The van der Waals surface area contributed by atoms with Crippen LogP contribution in [0.25, 0.3) is 0 Å². The van der Waals surface area contributed by atoms with Gasteiger partial charge >= 0.3 is 0 Å². The molecule has 2 N–H and O–H groups in total. The highest BCUT2D eigenvalue weighted by atomic mass is 28.3. The molecule has 1 rings (SSSR count). The molecule has 0 aromatic carbocycles. The van der Waals surface area contributed by atoms with E-state index in [0.29, 0.717) is 6.61 Å². The molecule has 1 heterocycles. The average molecular weight is 266 g/mol. The van der Waals surface area contributed by atoms with Crippen molar-refractivity contribution in [2.45, 2.75) is 32.4 Å². The maximum Gasteiger partial charge on any atom is 0.284 e. The zero-order chi connectivity index (χ0) is 13.8. The molecule has 7 heteroatoms. The molecule has 98 valence electrons. The van der Waals surface area contributed by atoms with Crippen LogP contribution in [0, 0.1) is 11.3 Å². The van der Waals surface area contributed by atoms with E-state index in [4.69, 9.17) is 15.7 Å². The summed E-state index contributed by atoms with van der Waals surface area (Å²) >= 11 is 0. The number of nitrogens with two attached hydrogens (primary N) is 1. The van der Waals surface area contributed by atoms with Gasteiger partial charge in [0.25, 0.3) is 5.91 Å². The highest BCUT2D eigenvalue weighted by Gasteiger charge is 2.14. The first kappa shape index (κ1) is 14.4. The summed E-state index contributed by atoms with van der Waals surface area (Å²) in [6.07, 6.45) is 1.47. The number of nitriles is 1. The van der Waals surface area contributed by atoms with Gasteiger partial charge in [0.15, 0.2) is 5.69 Å². The summed E-state index contributed by atoms with van der Waals surface area (Å²) in [6.45, 7) is 7.61. The molecule has 0 aliphatic heterocycles. The molecule has 1 amide bonds. The average Bonchev–Trinajstić information content (AvgIpc) is 2.66. The van der Waals surface area contributed by atoms with Crippen LogP contribution < -0.4 is 5.73 Å². The number of ether oxygens (including phenoxy) is 1. The summed E-state index contributed by atoms with van der Waals surface area (Å²) in [5, 5.41) is 8.72. The largest absolute Gasteiger partial charge is 0.363 e. The third kappa shape index (κ3) is 4.31. The number of carbonyl (C=O) groups is 1. The van der Waals surface area contributed by atoms with E-state index in [2.05, 4.69) is 24.6 Å². The van der Waals surface area contributed by atoms with Gasteiger partial charge in [0.05, 0.1) is 0 Å². The van der Waals surface area contributed by atoms with Crippen LogP contribution in [-0.2, 0) is 11.5 Å². The summed E-state index contributed by atoms with van der Waals surface area (Å²) in [5.74, 6) is -0.607. The molecule has 0 atom stereocenters. The number of nitrogens with zero attached hydrogens (tertiary/aromatic N) is 3. The van der Waals surface area contributed by atoms with Gasteiger partial charge in [-0.05, 0) is 6.04 Å². The fourth-order valence-corrected chi connectivity index (χ4v) is 2.06. The highest BCUT2D eigenvalue weighted by molar-refractivity contribution is 6.76. The van der Waals surface area contributed by atoms with Crippen LogP contribution in [0.5, 0.6) is 0 Å². The minimum absolute atomic E-state index is 0.0551. The molecule has 0 aliphatic carbocycles. The monoisotopic (exact) mass is 266 g/mol. The number of imidazole rings is 1. The maximum absolute atomic E-state index is 11.1. The van der Waals surface area contributed by atoms with Gasteiger partial charge in [0.2, 0.25) is 5.82 Å². The molecule has 6 nitrogen and oxygen atoms in total. The molecule has 0 saturated heterocycles. The van der Waals surface area contributed by atoms with Crippen molar-refractivity contribution in [3.63, 3.8) is 0 Å². The molecule has 0 saturated carbocycles. The van der Waals surface area contributed by atoms with Gasteiger partial charge in [-0.25, -0.2) is 4.98 Å². The zero-order valence-corrected chi connectivity index (χ0v) is 11.9. The third-order valence-electron chi connectivity index (χ3n) is 2.34. The summed E-state index contributed by atoms with van der Waals surface area (Å²) in [7, 11) is -1.13. The second-order valence-electron chi connectivity index (χ2n) is 5.24. The molecule has 1 aromatic heterocycles. The summed E-state index contributed by atoms with van der Waals surface area (Å²) in [4.78, 5) is 14.9. The van der Waals surface area contributed by atoms with Crippen molar-refractivity contribution in [2.24, 2.45) is 5.73 Å². The minimum Gasteiger partial charge on any atom is -0.363 e. The van der Waals surface area contributed by atoms with E-state index in [0.717, 1.165) is 6.04 Å². The molecule has 0 unspecified atom stereocenters. The molecule has 0 aliphatic rings. The van der Waals surface area contributed by atoms with Crippen molar-refractivity contribution in [2.75, 3.05) is 6.61 Å². The maximum atomic E-state index is 11.1. The Morgan fingerprint density at radius 3 is 2.78 bits per heavy atom. The van der Waals surface area contributed by atoms with E-state index in [1.54, 1.807) is 0 Å². The predicted molar refractivity (Wildman–Crippen MR) is 69.6 cm³/mol. The number of carbonyl (C=O) groups excluding carboxylic acids is 1. The Hall–Kier alpha value is -1.65. The molecule has 0 bridgehead atoms. The van der Waals surface area contributed by atoms with Crippen LogP contribution in [0.15, 0.2) is 6.20 Å². The Kier molecular flexibility index (Phi) is 4.64. The molecule has 18 heavy (non-hydrogen) atoms. The van der Waals surface area contributed by atoms with Gasteiger partial charge in [-0.15, -0.1) is 0 Å². The Bertz CT molecular complexity index is 470. The van der Waals surface area contributed by atoms with Crippen molar-refractivity contribution in [1.82, 2.24) is 9.55 Å². The van der Waals surface area contributed by atoms with Crippen molar-refractivity contribution in [3.05, 3.63) is 17.7 Å². The Morgan fingerprint density at radius 1 is 1.61 bits per heavy atom. The molecule has 0 radical (unpaired) electrons. The lowest BCUT2D eigenvalue weighted by atomic mass is 10.5. The van der Waals surface area contributed by atoms with Gasteiger partial charge in [0, 0.05) is 20.9 Å². The first-order chi connectivity index (χ1) is 8.33. The Morgan fingerprint density at radius 2 is 2.28 bits per heavy atom. The van der Waals surface area contributed by atoms with E-state index in [9.17, 15) is 4.79 Å². The van der Waals surface area contributed by atoms with Crippen LogP contribution in [0.1, 0.15) is 16.3 Å². The first-order valence-electron chi connectivity index (χ1n) is 5.68. The quantitative estimate of drug-likeness (QED) is 0.617. The van der Waals surface area contributed by atoms with Gasteiger partial charge in [0.1, 0.15) is 12.8 Å². The number of hydrogen-bond donors (Lipinski definition) is 1. The van der Waals surface area contributed by atoms with E-state index in [-0.39, 0.29) is 18.2 Å². The number of primary amides is 1. The standard InChI is InChI=1S/C11H18N4O2Si/c1-18(2,3)5-4-17-8-15-7-9(6-12)14-11(15)10(13)16/h7H,4-5,8H2,1-3H3,(H2,13,16). The lowest BCUT2D eigenvalue weighted by Crippen LogP contribution is -2.23. The first-order valence-corrected chi connectivity index (χ1v) is 9.39. The van der Waals surface area contributed by atoms with Crippen LogP contribution in [0.2, 0.25) is 25.7 Å². The molecule has 0 spiro atoms. The predicted octanol–water partition coefficient (Wildman–Crippen LogP) is 1.17. The van der Waals surface area contributed by atoms with E-state index < -0.39 is 14.0 Å². The molecular weight excluding hydrogens is 248 g/mol. The lowest BCUT2D eigenvalue weighted by Gasteiger charge is -2.15. The van der Waals surface area contributed by atoms with E-state index >= 15 is 0 Å². The molecule has 0 fully saturated rings. The smallest absolute Gasteiger partial charge is 0.284 e. The van der Waals surface area contributed by atoms with Crippen LogP contribution in [0.3, 0.4) is 0 Å². The van der Waals surface area contributed by atoms with Crippen molar-refractivity contribution >= 4 is 14.0 Å². The third-order valence-corrected chi connectivity index (χ3v) is 4.04. The SMILES string of the molecule is C[Si](C)(C)CCOCn1cc(C#N)nc1C(N)=O. The topological polar surface area (TPSA) is 93.9 Å². The summed E-state index contributed by atoms with van der Waals surface area (Å²) in [6, 6.07) is 2.91. The lowest BCUT2D eigenvalue weighted by molar-refractivity contribution is 0.0801. The summed E-state index contributed by atoms with van der Waals surface area (Å²) in [5.41, 5.74) is 5.34. The van der Waals surface area contributed by atoms with Crippen LogP contribution in [0.4, 0.5) is 0 Å². The summed E-state index contributed by atoms with van der Waals surface area (Å²) < 4.78 is 6.95. The van der Waals surface area contributed by atoms with Crippen molar-refractivity contribution < 1.29 is 9.53 Å². The van der Waals surface area contributed by atoms with Gasteiger partial charge in [-0.3, -0.25) is 4.79 Å². The Labute approximate surface area is 107 Å².